The Morgan fingerprint density at radius 2 is 1.57 bits per heavy atom. The molecule has 44 valence electrons. The molecule has 0 aromatic heterocycles. The van der Waals surface area contributed by atoms with Crippen LogP contribution >= 0.6 is 0 Å². The number of alkyl halides is 2. The SMILES string of the molecule is CC(O)(O)C(F)F. The van der Waals surface area contributed by atoms with E-state index in [0.717, 1.165) is 0 Å². The summed E-state index contributed by atoms with van der Waals surface area (Å²) in [5, 5.41) is 15.8. The van der Waals surface area contributed by atoms with Crippen LogP contribution in [0.5, 0.6) is 0 Å². The van der Waals surface area contributed by atoms with Crippen LogP contribution in [-0.2, 0) is 0 Å². The molecule has 0 aromatic carbocycles. The first kappa shape index (κ1) is 6.78. The van der Waals surface area contributed by atoms with Crippen molar-refractivity contribution in [1.29, 1.82) is 0 Å². The monoisotopic (exact) mass is 112 g/mol. The van der Waals surface area contributed by atoms with E-state index in [-0.39, 0.29) is 0 Å². The summed E-state index contributed by atoms with van der Waals surface area (Å²) >= 11 is 0. The van der Waals surface area contributed by atoms with Crippen LogP contribution in [0.3, 0.4) is 0 Å². The summed E-state index contributed by atoms with van der Waals surface area (Å²) in [5.74, 6) is -2.83. The average molecular weight is 112 g/mol. The van der Waals surface area contributed by atoms with Crippen LogP contribution in [0.15, 0.2) is 0 Å². The minimum atomic E-state index is -3.09. The summed E-state index contributed by atoms with van der Waals surface area (Å²) in [5.41, 5.74) is 0. The summed E-state index contributed by atoms with van der Waals surface area (Å²) in [7, 11) is 0. The topological polar surface area (TPSA) is 40.5 Å². The summed E-state index contributed by atoms with van der Waals surface area (Å²) in [6, 6.07) is 0. The molecule has 0 aliphatic heterocycles. The van der Waals surface area contributed by atoms with Crippen LogP contribution in [0.25, 0.3) is 0 Å². The molecule has 0 aliphatic rings. The fourth-order valence-electron chi connectivity index (χ4n) is 0. The van der Waals surface area contributed by atoms with Gasteiger partial charge in [-0.05, 0) is 6.92 Å². The lowest BCUT2D eigenvalue weighted by Gasteiger charge is -2.12. The van der Waals surface area contributed by atoms with E-state index in [0.29, 0.717) is 6.92 Å². The first-order chi connectivity index (χ1) is 2.94. The van der Waals surface area contributed by atoms with Crippen LogP contribution in [0.4, 0.5) is 8.78 Å². The minimum absolute atomic E-state index is 0.623. The second kappa shape index (κ2) is 1.71. The van der Waals surface area contributed by atoms with Gasteiger partial charge in [0.05, 0.1) is 0 Å². The van der Waals surface area contributed by atoms with E-state index in [9.17, 15) is 8.78 Å². The Morgan fingerprint density at radius 3 is 1.57 bits per heavy atom. The molecule has 0 atom stereocenters. The standard InChI is InChI=1S/C3H6F2O2/c1-3(6,7)2(4)5/h2,6-7H,1H3. The molecule has 0 saturated heterocycles. The van der Waals surface area contributed by atoms with Crippen LogP contribution in [0.2, 0.25) is 0 Å². The lowest BCUT2D eigenvalue weighted by atomic mass is 10.4. The predicted octanol–water partition coefficient (Wildman–Crippen LogP) is -0.0477. The zero-order valence-corrected chi connectivity index (χ0v) is 3.73. The van der Waals surface area contributed by atoms with Gasteiger partial charge < -0.3 is 10.2 Å². The molecule has 0 heterocycles. The highest BCUT2D eigenvalue weighted by atomic mass is 19.3. The third kappa shape index (κ3) is 2.47. The Bertz CT molecular complexity index is 56.4. The highest BCUT2D eigenvalue weighted by Crippen LogP contribution is 2.08. The molecular weight excluding hydrogens is 106 g/mol. The van der Waals surface area contributed by atoms with E-state index in [1.807, 2.05) is 0 Å². The minimum Gasteiger partial charge on any atom is -0.361 e. The number of aliphatic hydroxyl groups is 2. The number of rotatable bonds is 1. The van der Waals surface area contributed by atoms with Gasteiger partial charge in [0, 0.05) is 0 Å². The largest absolute Gasteiger partial charge is 0.361 e. The van der Waals surface area contributed by atoms with Crippen molar-refractivity contribution in [3.05, 3.63) is 0 Å². The van der Waals surface area contributed by atoms with Gasteiger partial charge in [-0.3, -0.25) is 0 Å². The highest BCUT2D eigenvalue weighted by molar-refractivity contribution is 4.56. The van der Waals surface area contributed by atoms with E-state index in [1.165, 1.54) is 0 Å². The van der Waals surface area contributed by atoms with Crippen molar-refractivity contribution >= 4 is 0 Å². The van der Waals surface area contributed by atoms with Gasteiger partial charge in [-0.1, -0.05) is 0 Å². The van der Waals surface area contributed by atoms with Gasteiger partial charge in [0.25, 0.3) is 6.43 Å². The Kier molecular flexibility index (Phi) is 1.66. The number of hydrogen-bond acceptors (Lipinski definition) is 2. The van der Waals surface area contributed by atoms with E-state index in [1.54, 1.807) is 0 Å². The third-order valence-electron chi connectivity index (χ3n) is 0.413. The van der Waals surface area contributed by atoms with Gasteiger partial charge in [0.15, 0.2) is 0 Å². The molecule has 0 radical (unpaired) electrons. The predicted molar refractivity (Wildman–Crippen MR) is 18.8 cm³/mol. The van der Waals surface area contributed by atoms with Gasteiger partial charge in [-0.2, -0.15) is 0 Å². The van der Waals surface area contributed by atoms with Crippen molar-refractivity contribution in [3.63, 3.8) is 0 Å². The quantitative estimate of drug-likeness (QED) is 0.467. The maximum absolute atomic E-state index is 11.0. The first-order valence-corrected chi connectivity index (χ1v) is 1.67. The smallest absolute Gasteiger partial charge is 0.290 e. The molecule has 4 heteroatoms. The molecule has 0 fully saturated rings. The Hall–Kier alpha value is -0.220. The van der Waals surface area contributed by atoms with Crippen LogP contribution in [0, 0.1) is 0 Å². The fourth-order valence-corrected chi connectivity index (χ4v) is 0. The Balaban J connectivity index is 3.54. The zero-order valence-electron chi connectivity index (χ0n) is 3.73. The maximum atomic E-state index is 11.0. The first-order valence-electron chi connectivity index (χ1n) is 1.67. The molecule has 0 rings (SSSR count). The lowest BCUT2D eigenvalue weighted by molar-refractivity contribution is -0.225. The molecule has 0 amide bonds. The normalized spacial score (nSPS) is 12.9. The molecule has 0 spiro atoms. The molecular formula is C3H6F2O2. The van der Waals surface area contributed by atoms with Crippen molar-refractivity contribution in [3.8, 4) is 0 Å². The van der Waals surface area contributed by atoms with E-state index < -0.39 is 12.2 Å². The summed E-state index contributed by atoms with van der Waals surface area (Å²) < 4.78 is 22.1. The van der Waals surface area contributed by atoms with E-state index in [2.05, 4.69) is 0 Å². The number of halogens is 2. The van der Waals surface area contributed by atoms with Gasteiger partial charge in [0.1, 0.15) is 0 Å². The Labute approximate surface area is 39.4 Å². The molecule has 0 bridgehead atoms. The molecule has 2 N–H and O–H groups in total. The molecule has 7 heavy (non-hydrogen) atoms. The van der Waals surface area contributed by atoms with Crippen molar-refractivity contribution in [2.24, 2.45) is 0 Å². The summed E-state index contributed by atoms with van der Waals surface area (Å²) in [6.07, 6.45) is -3.09. The van der Waals surface area contributed by atoms with Gasteiger partial charge in [0.2, 0.25) is 5.79 Å². The molecule has 0 aromatic rings. The molecule has 0 aliphatic carbocycles. The average Bonchev–Trinajstić information content (AvgIpc) is 1.31. The highest BCUT2D eigenvalue weighted by Gasteiger charge is 2.27. The molecule has 2 nitrogen and oxygen atoms in total. The molecule has 0 saturated carbocycles. The second-order valence-electron chi connectivity index (χ2n) is 1.39. The number of hydrogen-bond donors (Lipinski definition) is 2. The summed E-state index contributed by atoms with van der Waals surface area (Å²) in [6.45, 7) is 0.623. The van der Waals surface area contributed by atoms with Crippen molar-refractivity contribution < 1.29 is 19.0 Å². The van der Waals surface area contributed by atoms with Crippen molar-refractivity contribution in [1.82, 2.24) is 0 Å². The fraction of sp³-hybridized carbons (Fsp3) is 1.00. The van der Waals surface area contributed by atoms with E-state index >= 15 is 0 Å². The third-order valence-corrected chi connectivity index (χ3v) is 0.413. The Morgan fingerprint density at radius 1 is 1.43 bits per heavy atom. The summed E-state index contributed by atoms with van der Waals surface area (Å²) in [4.78, 5) is 0. The van der Waals surface area contributed by atoms with Gasteiger partial charge >= 0.3 is 0 Å². The van der Waals surface area contributed by atoms with Gasteiger partial charge in [-0.25, -0.2) is 8.78 Å². The molecule has 0 unspecified atom stereocenters. The van der Waals surface area contributed by atoms with Gasteiger partial charge in [-0.15, -0.1) is 0 Å². The van der Waals surface area contributed by atoms with Crippen LogP contribution in [0.1, 0.15) is 6.92 Å². The van der Waals surface area contributed by atoms with Crippen molar-refractivity contribution in [2.45, 2.75) is 19.1 Å². The van der Waals surface area contributed by atoms with Crippen LogP contribution < -0.4 is 0 Å². The maximum Gasteiger partial charge on any atom is 0.290 e. The van der Waals surface area contributed by atoms with Crippen molar-refractivity contribution in [2.75, 3.05) is 0 Å². The second-order valence-corrected chi connectivity index (χ2v) is 1.39. The van der Waals surface area contributed by atoms with E-state index in [4.69, 9.17) is 10.2 Å². The zero-order chi connectivity index (χ0) is 6.08. The lowest BCUT2D eigenvalue weighted by Crippen LogP contribution is -2.32. The van der Waals surface area contributed by atoms with Crippen LogP contribution in [-0.4, -0.2) is 22.4 Å².